The first-order valence-corrected chi connectivity index (χ1v) is 7.18. The Hall–Kier alpha value is -1.82. The van der Waals surface area contributed by atoms with Crippen LogP contribution in [0, 0.1) is 5.92 Å². The summed E-state index contributed by atoms with van der Waals surface area (Å²) in [5, 5.41) is 0. The van der Waals surface area contributed by atoms with Crippen LogP contribution in [0.25, 0.3) is 0 Å². The van der Waals surface area contributed by atoms with Crippen LogP contribution in [-0.4, -0.2) is 0 Å². The van der Waals surface area contributed by atoms with E-state index in [1.807, 2.05) is 0 Å². The van der Waals surface area contributed by atoms with Crippen molar-refractivity contribution < 1.29 is 0 Å². The molecule has 3 rings (SSSR count). The lowest BCUT2D eigenvalue weighted by atomic mass is 9.78. The first-order valence-electron chi connectivity index (χ1n) is 7.18. The maximum Gasteiger partial charge on any atom is -0.0128 e. The number of rotatable bonds is 5. The minimum atomic E-state index is 0.783. The van der Waals surface area contributed by atoms with Crippen molar-refractivity contribution >= 4 is 0 Å². The fourth-order valence-electron chi connectivity index (χ4n) is 2.80. The van der Waals surface area contributed by atoms with Gasteiger partial charge in [0, 0.05) is 0 Å². The molecule has 2 aromatic rings. The molecule has 1 atom stereocenters. The van der Waals surface area contributed by atoms with Gasteiger partial charge in [0.1, 0.15) is 0 Å². The number of aryl methyl sites for hydroxylation is 1. The predicted molar refractivity (Wildman–Crippen MR) is 81.1 cm³/mol. The lowest BCUT2D eigenvalue weighted by molar-refractivity contribution is 0.532. The summed E-state index contributed by atoms with van der Waals surface area (Å²) in [6.45, 7) is 0. The Morgan fingerprint density at radius 2 is 1.37 bits per heavy atom. The zero-order chi connectivity index (χ0) is 12.9. The van der Waals surface area contributed by atoms with Gasteiger partial charge in [0.2, 0.25) is 0 Å². The van der Waals surface area contributed by atoms with E-state index in [-0.39, 0.29) is 0 Å². The van der Waals surface area contributed by atoms with Crippen molar-refractivity contribution in [2.45, 2.75) is 25.7 Å². The van der Waals surface area contributed by atoms with Crippen molar-refractivity contribution in [2.24, 2.45) is 5.92 Å². The summed E-state index contributed by atoms with van der Waals surface area (Å²) < 4.78 is 0. The monoisotopic (exact) mass is 248 g/mol. The smallest absolute Gasteiger partial charge is 0.0128 e. The molecule has 0 saturated carbocycles. The molecule has 1 aliphatic rings. The zero-order valence-corrected chi connectivity index (χ0v) is 11.3. The molecule has 96 valence electrons. The molecule has 0 fully saturated rings. The summed E-state index contributed by atoms with van der Waals surface area (Å²) in [6, 6.07) is 21.7. The molecule has 2 aromatic carbocycles. The van der Waals surface area contributed by atoms with E-state index in [9.17, 15) is 0 Å². The van der Waals surface area contributed by atoms with Crippen molar-refractivity contribution in [3.8, 4) is 0 Å². The fourth-order valence-corrected chi connectivity index (χ4v) is 2.80. The summed E-state index contributed by atoms with van der Waals surface area (Å²) in [4.78, 5) is 0. The quantitative estimate of drug-likeness (QED) is 0.666. The second-order valence-corrected chi connectivity index (χ2v) is 5.39. The van der Waals surface area contributed by atoms with Crippen LogP contribution in [0.15, 0.2) is 72.3 Å². The van der Waals surface area contributed by atoms with E-state index in [4.69, 9.17) is 0 Å². The first-order chi connectivity index (χ1) is 9.42. The molecule has 1 unspecified atom stereocenters. The van der Waals surface area contributed by atoms with Crippen molar-refractivity contribution in [3.63, 3.8) is 0 Å². The molecule has 0 N–H and O–H groups in total. The van der Waals surface area contributed by atoms with E-state index in [1.54, 1.807) is 5.57 Å². The third-order valence-electron chi connectivity index (χ3n) is 4.06. The Labute approximate surface area is 115 Å². The molecule has 0 bridgehead atoms. The highest BCUT2D eigenvalue weighted by Gasteiger charge is 2.20. The van der Waals surface area contributed by atoms with Gasteiger partial charge in [0.15, 0.2) is 0 Å². The molecule has 0 saturated heterocycles. The molecule has 1 aliphatic carbocycles. The third kappa shape index (κ3) is 3.14. The minimum Gasteiger partial charge on any atom is -0.0844 e. The van der Waals surface area contributed by atoms with Gasteiger partial charge in [-0.3, -0.25) is 0 Å². The van der Waals surface area contributed by atoms with E-state index >= 15 is 0 Å². The van der Waals surface area contributed by atoms with Gasteiger partial charge in [-0.15, -0.1) is 0 Å². The zero-order valence-electron chi connectivity index (χ0n) is 11.3. The second-order valence-electron chi connectivity index (χ2n) is 5.39. The van der Waals surface area contributed by atoms with Crippen molar-refractivity contribution in [3.05, 3.63) is 83.4 Å². The molecule has 19 heavy (non-hydrogen) atoms. The maximum absolute atomic E-state index is 2.43. The normalized spacial score (nSPS) is 17.7. The number of allylic oxidation sites excluding steroid dienone is 2. The largest absolute Gasteiger partial charge is 0.0844 e. The molecular weight excluding hydrogens is 228 g/mol. The lowest BCUT2D eigenvalue weighted by Crippen LogP contribution is -2.16. The molecule has 0 heteroatoms. The van der Waals surface area contributed by atoms with Crippen LogP contribution in [0.3, 0.4) is 0 Å². The first kappa shape index (κ1) is 12.2. The standard InChI is InChI=1S/C19H20/c1-3-7-16(8-4-1)11-12-18-13-14-19(18)15-17-9-5-2-6-10-17/h1-10,13,19H,11-12,14-15H2. The summed E-state index contributed by atoms with van der Waals surface area (Å²) >= 11 is 0. The van der Waals surface area contributed by atoms with Gasteiger partial charge in [-0.1, -0.05) is 72.3 Å². The van der Waals surface area contributed by atoms with E-state index in [0.29, 0.717) is 0 Å². The van der Waals surface area contributed by atoms with Crippen molar-refractivity contribution in [2.75, 3.05) is 0 Å². The number of benzene rings is 2. The van der Waals surface area contributed by atoms with Gasteiger partial charge < -0.3 is 0 Å². The number of hydrogen-bond acceptors (Lipinski definition) is 0. The van der Waals surface area contributed by atoms with Crippen LogP contribution in [0.5, 0.6) is 0 Å². The molecule has 0 nitrogen and oxygen atoms in total. The van der Waals surface area contributed by atoms with Gasteiger partial charge in [0.05, 0.1) is 0 Å². The van der Waals surface area contributed by atoms with E-state index in [0.717, 1.165) is 5.92 Å². The van der Waals surface area contributed by atoms with Gasteiger partial charge >= 0.3 is 0 Å². The Bertz CT molecular complexity index is 537. The van der Waals surface area contributed by atoms with Gasteiger partial charge in [-0.25, -0.2) is 0 Å². The van der Waals surface area contributed by atoms with Gasteiger partial charge in [0.25, 0.3) is 0 Å². The average Bonchev–Trinajstić information content (AvgIpc) is 2.46. The highest BCUT2D eigenvalue weighted by atomic mass is 14.3. The van der Waals surface area contributed by atoms with Crippen LogP contribution < -0.4 is 0 Å². The van der Waals surface area contributed by atoms with Gasteiger partial charge in [-0.2, -0.15) is 0 Å². The van der Waals surface area contributed by atoms with Crippen LogP contribution in [0.4, 0.5) is 0 Å². The Morgan fingerprint density at radius 1 is 0.737 bits per heavy atom. The summed E-state index contributed by atoms with van der Waals surface area (Å²) in [7, 11) is 0. The van der Waals surface area contributed by atoms with E-state index in [1.165, 1.54) is 36.8 Å². The molecule has 0 heterocycles. The SMILES string of the molecule is C1=C(CCc2ccccc2)C(Cc2ccccc2)C1. The Kier molecular flexibility index (Phi) is 3.78. The predicted octanol–water partition coefficient (Wildman–Crippen LogP) is 4.81. The number of hydrogen-bond donors (Lipinski definition) is 0. The van der Waals surface area contributed by atoms with Crippen molar-refractivity contribution in [1.29, 1.82) is 0 Å². The molecule has 0 amide bonds. The highest BCUT2D eigenvalue weighted by molar-refractivity contribution is 5.26. The van der Waals surface area contributed by atoms with Crippen LogP contribution >= 0.6 is 0 Å². The molecule has 0 spiro atoms. The summed E-state index contributed by atoms with van der Waals surface area (Å²) in [6.07, 6.45) is 7.30. The summed E-state index contributed by atoms with van der Waals surface area (Å²) in [5.41, 5.74) is 4.58. The molecule has 0 radical (unpaired) electrons. The maximum atomic E-state index is 2.43. The van der Waals surface area contributed by atoms with Crippen molar-refractivity contribution in [1.82, 2.24) is 0 Å². The van der Waals surface area contributed by atoms with Gasteiger partial charge in [-0.05, 0) is 42.7 Å². The van der Waals surface area contributed by atoms with E-state index < -0.39 is 0 Å². The molecule has 0 aliphatic heterocycles. The van der Waals surface area contributed by atoms with Crippen LogP contribution in [-0.2, 0) is 12.8 Å². The van der Waals surface area contributed by atoms with Crippen LogP contribution in [0.1, 0.15) is 24.0 Å². The van der Waals surface area contributed by atoms with Crippen LogP contribution in [0.2, 0.25) is 0 Å². The summed E-state index contributed by atoms with van der Waals surface area (Å²) in [5.74, 6) is 0.783. The topological polar surface area (TPSA) is 0 Å². The minimum absolute atomic E-state index is 0.783. The molecule has 0 aromatic heterocycles. The average molecular weight is 248 g/mol. The second kappa shape index (κ2) is 5.88. The highest BCUT2D eigenvalue weighted by Crippen LogP contribution is 2.33. The Balaban J connectivity index is 1.53. The molecular formula is C19H20. The Morgan fingerprint density at radius 3 is 1.95 bits per heavy atom. The van der Waals surface area contributed by atoms with E-state index in [2.05, 4.69) is 66.7 Å². The lowest BCUT2D eigenvalue weighted by Gasteiger charge is -2.27. The fraction of sp³-hybridized carbons (Fsp3) is 0.263. The third-order valence-corrected chi connectivity index (χ3v) is 4.06.